The molecular weight excluding hydrogens is 306 g/mol. The average Bonchev–Trinajstić information content (AvgIpc) is 2.26. The number of hydrogen-bond acceptors (Lipinski definition) is 3. The molecule has 4 heteroatoms. The second kappa shape index (κ2) is 5.53. The molecule has 100 valence electrons. The van der Waals surface area contributed by atoms with E-state index in [2.05, 4.69) is 21.2 Å². The van der Waals surface area contributed by atoms with Gasteiger partial charge >= 0.3 is 0 Å². The van der Waals surface area contributed by atoms with E-state index in [-0.39, 0.29) is 17.5 Å². The van der Waals surface area contributed by atoms with Crippen LogP contribution in [0.1, 0.15) is 24.1 Å². The monoisotopic (exact) mass is 321 g/mol. The Morgan fingerprint density at radius 1 is 1.11 bits per heavy atom. The summed E-state index contributed by atoms with van der Waals surface area (Å²) in [6.07, 6.45) is 0. The molecule has 2 aromatic carbocycles. The Bertz CT molecular complexity index is 578. The van der Waals surface area contributed by atoms with Crippen LogP contribution in [0.2, 0.25) is 0 Å². The number of aryl methyl sites for hydroxylation is 1. The first-order valence-corrected chi connectivity index (χ1v) is 6.80. The van der Waals surface area contributed by atoms with Crippen molar-refractivity contribution in [1.29, 1.82) is 0 Å². The molecule has 0 aromatic heterocycles. The Morgan fingerprint density at radius 2 is 1.84 bits per heavy atom. The number of benzene rings is 2. The van der Waals surface area contributed by atoms with Crippen molar-refractivity contribution in [3.8, 4) is 11.5 Å². The van der Waals surface area contributed by atoms with Crippen LogP contribution >= 0.6 is 15.9 Å². The molecule has 0 saturated heterocycles. The molecule has 0 aliphatic carbocycles. The third-order valence-corrected chi connectivity index (χ3v) is 3.36. The lowest BCUT2D eigenvalue weighted by molar-refractivity contribution is 0.444. The molecule has 1 atom stereocenters. The van der Waals surface area contributed by atoms with Gasteiger partial charge in [-0.1, -0.05) is 15.9 Å². The predicted octanol–water partition coefficient (Wildman–Crippen LogP) is 4.34. The highest BCUT2D eigenvalue weighted by atomic mass is 79.9. The lowest BCUT2D eigenvalue weighted by Crippen LogP contribution is -2.06. The minimum Gasteiger partial charge on any atom is -0.508 e. The molecule has 0 heterocycles. The molecule has 3 N–H and O–H groups in total. The summed E-state index contributed by atoms with van der Waals surface area (Å²) in [5.41, 5.74) is 2.88. The maximum absolute atomic E-state index is 9.84. The van der Waals surface area contributed by atoms with Crippen molar-refractivity contribution in [2.45, 2.75) is 19.9 Å². The maximum Gasteiger partial charge on any atom is 0.124 e. The topological polar surface area (TPSA) is 52.5 Å². The number of phenols is 2. The van der Waals surface area contributed by atoms with Gasteiger partial charge in [-0.25, -0.2) is 0 Å². The third kappa shape index (κ3) is 3.41. The van der Waals surface area contributed by atoms with Crippen molar-refractivity contribution in [3.05, 3.63) is 52.0 Å². The molecule has 0 aliphatic heterocycles. The largest absolute Gasteiger partial charge is 0.508 e. The minimum absolute atomic E-state index is 0.0608. The molecule has 2 rings (SSSR count). The first kappa shape index (κ1) is 13.7. The fourth-order valence-electron chi connectivity index (χ4n) is 2.05. The Kier molecular flexibility index (Phi) is 4.00. The predicted molar refractivity (Wildman–Crippen MR) is 80.7 cm³/mol. The van der Waals surface area contributed by atoms with Crippen LogP contribution in [0, 0.1) is 6.92 Å². The highest BCUT2D eigenvalue weighted by Crippen LogP contribution is 2.30. The van der Waals surface area contributed by atoms with Gasteiger partial charge in [-0.15, -0.1) is 0 Å². The molecule has 3 nitrogen and oxygen atoms in total. The zero-order chi connectivity index (χ0) is 14.0. The van der Waals surface area contributed by atoms with E-state index >= 15 is 0 Å². The zero-order valence-electron chi connectivity index (χ0n) is 10.8. The number of hydrogen-bond donors (Lipinski definition) is 3. The van der Waals surface area contributed by atoms with Crippen LogP contribution in [0.5, 0.6) is 11.5 Å². The molecular formula is C15H16BrNO2. The lowest BCUT2D eigenvalue weighted by atomic mass is 10.1. The van der Waals surface area contributed by atoms with Gasteiger partial charge in [0.25, 0.3) is 0 Å². The highest BCUT2D eigenvalue weighted by Gasteiger charge is 2.11. The van der Waals surface area contributed by atoms with E-state index in [0.29, 0.717) is 0 Å². The quantitative estimate of drug-likeness (QED) is 0.788. The molecule has 0 amide bonds. The average molecular weight is 322 g/mol. The minimum atomic E-state index is -0.0608. The third-order valence-electron chi connectivity index (χ3n) is 2.91. The van der Waals surface area contributed by atoms with Gasteiger partial charge in [0, 0.05) is 21.8 Å². The summed E-state index contributed by atoms with van der Waals surface area (Å²) in [7, 11) is 0. The van der Waals surface area contributed by atoms with Crippen LogP contribution in [0.25, 0.3) is 0 Å². The van der Waals surface area contributed by atoms with Gasteiger partial charge in [-0.3, -0.25) is 0 Å². The van der Waals surface area contributed by atoms with Gasteiger partial charge < -0.3 is 15.5 Å². The summed E-state index contributed by atoms with van der Waals surface area (Å²) in [6, 6.07) is 10.6. The van der Waals surface area contributed by atoms with Gasteiger partial charge in [0.15, 0.2) is 0 Å². The summed E-state index contributed by atoms with van der Waals surface area (Å²) < 4.78 is 1.01. The standard InChI is InChI=1S/C15H16BrNO2/c1-9-5-11(16)7-12(6-9)17-10(2)14-4-3-13(18)8-15(14)19/h3-8,10,17-19H,1-2H3. The molecule has 0 bridgehead atoms. The fraction of sp³-hybridized carbons (Fsp3) is 0.200. The van der Waals surface area contributed by atoms with Crippen LogP contribution in [0.3, 0.4) is 0 Å². The van der Waals surface area contributed by atoms with Crippen LogP contribution in [-0.4, -0.2) is 10.2 Å². The first-order chi connectivity index (χ1) is 8.95. The van der Waals surface area contributed by atoms with Gasteiger partial charge in [0.2, 0.25) is 0 Å². The normalized spacial score (nSPS) is 12.2. The molecule has 2 aromatic rings. The van der Waals surface area contributed by atoms with E-state index in [4.69, 9.17) is 0 Å². The summed E-state index contributed by atoms with van der Waals surface area (Å²) in [4.78, 5) is 0. The van der Waals surface area contributed by atoms with E-state index in [1.807, 2.05) is 32.0 Å². The van der Waals surface area contributed by atoms with Crippen molar-refractivity contribution in [2.24, 2.45) is 0 Å². The van der Waals surface area contributed by atoms with E-state index in [0.717, 1.165) is 21.3 Å². The summed E-state index contributed by atoms with van der Waals surface area (Å²) in [5.74, 6) is 0.151. The molecule has 0 aliphatic rings. The van der Waals surface area contributed by atoms with Crippen molar-refractivity contribution < 1.29 is 10.2 Å². The van der Waals surface area contributed by atoms with E-state index < -0.39 is 0 Å². The Labute approximate surface area is 121 Å². The first-order valence-electron chi connectivity index (χ1n) is 6.01. The number of anilines is 1. The number of aromatic hydroxyl groups is 2. The summed E-state index contributed by atoms with van der Waals surface area (Å²) in [5, 5.41) is 22.5. The summed E-state index contributed by atoms with van der Waals surface area (Å²) in [6.45, 7) is 3.99. The number of halogens is 1. The smallest absolute Gasteiger partial charge is 0.124 e. The Hall–Kier alpha value is -1.68. The van der Waals surface area contributed by atoms with Gasteiger partial charge in [0.05, 0.1) is 6.04 Å². The van der Waals surface area contributed by atoms with E-state index in [9.17, 15) is 10.2 Å². The highest BCUT2D eigenvalue weighted by molar-refractivity contribution is 9.10. The van der Waals surface area contributed by atoms with Gasteiger partial charge in [-0.2, -0.15) is 0 Å². The van der Waals surface area contributed by atoms with Crippen LogP contribution in [0.4, 0.5) is 5.69 Å². The van der Waals surface area contributed by atoms with Crippen LogP contribution < -0.4 is 5.32 Å². The van der Waals surface area contributed by atoms with Crippen LogP contribution in [0.15, 0.2) is 40.9 Å². The molecule has 0 radical (unpaired) electrons. The van der Waals surface area contributed by atoms with Gasteiger partial charge in [-0.05, 0) is 49.7 Å². The maximum atomic E-state index is 9.84. The Morgan fingerprint density at radius 3 is 2.47 bits per heavy atom. The molecule has 1 unspecified atom stereocenters. The number of phenolic OH excluding ortho intramolecular Hbond substituents is 2. The zero-order valence-corrected chi connectivity index (χ0v) is 12.4. The SMILES string of the molecule is Cc1cc(Br)cc(NC(C)c2ccc(O)cc2O)c1. The van der Waals surface area contributed by atoms with Gasteiger partial charge in [0.1, 0.15) is 11.5 Å². The van der Waals surface area contributed by atoms with E-state index in [1.54, 1.807) is 12.1 Å². The molecule has 0 fully saturated rings. The van der Waals surface area contributed by atoms with E-state index in [1.165, 1.54) is 6.07 Å². The van der Waals surface area contributed by atoms with Crippen molar-refractivity contribution in [2.75, 3.05) is 5.32 Å². The number of rotatable bonds is 3. The van der Waals surface area contributed by atoms with Crippen molar-refractivity contribution in [1.82, 2.24) is 0 Å². The molecule has 0 spiro atoms. The molecule has 19 heavy (non-hydrogen) atoms. The fourth-order valence-corrected chi connectivity index (χ4v) is 2.65. The molecule has 0 saturated carbocycles. The second-order valence-electron chi connectivity index (χ2n) is 4.63. The Balaban J connectivity index is 2.22. The number of nitrogens with one attached hydrogen (secondary N) is 1. The van der Waals surface area contributed by atoms with Crippen molar-refractivity contribution >= 4 is 21.6 Å². The van der Waals surface area contributed by atoms with Crippen molar-refractivity contribution in [3.63, 3.8) is 0 Å². The van der Waals surface area contributed by atoms with Crippen LogP contribution in [-0.2, 0) is 0 Å². The summed E-state index contributed by atoms with van der Waals surface area (Å²) >= 11 is 3.46. The lowest BCUT2D eigenvalue weighted by Gasteiger charge is -2.17. The second-order valence-corrected chi connectivity index (χ2v) is 5.54.